The number of nitriles is 1. The number of aryl methyl sites for hydroxylation is 1. The van der Waals surface area contributed by atoms with Crippen LogP contribution >= 0.6 is 0 Å². The molecule has 0 radical (unpaired) electrons. The van der Waals surface area contributed by atoms with Crippen molar-refractivity contribution in [2.45, 2.75) is 31.8 Å². The Morgan fingerprint density at radius 2 is 1.70 bits per heavy atom. The van der Waals surface area contributed by atoms with Crippen molar-refractivity contribution in [3.63, 3.8) is 0 Å². The first-order valence-electron chi connectivity index (χ1n) is 8.77. The molecule has 0 bridgehead atoms. The molecule has 0 saturated heterocycles. The van der Waals surface area contributed by atoms with E-state index in [2.05, 4.69) is 5.32 Å². The van der Waals surface area contributed by atoms with Crippen molar-refractivity contribution >= 4 is 11.9 Å². The maximum Gasteiger partial charge on any atom is 0.330 e. The van der Waals surface area contributed by atoms with Crippen molar-refractivity contribution in [2.75, 3.05) is 6.61 Å². The van der Waals surface area contributed by atoms with Gasteiger partial charge in [-0.15, -0.1) is 0 Å². The summed E-state index contributed by atoms with van der Waals surface area (Å²) in [4.78, 5) is 24.5. The number of benzene rings is 2. The van der Waals surface area contributed by atoms with Crippen molar-refractivity contribution in [1.82, 2.24) is 5.32 Å². The van der Waals surface area contributed by atoms with Gasteiger partial charge < -0.3 is 15.8 Å². The zero-order valence-electron chi connectivity index (χ0n) is 15.1. The average Bonchev–Trinajstić information content (AvgIpc) is 2.71. The lowest BCUT2D eigenvalue weighted by Gasteiger charge is -2.17. The Bertz CT molecular complexity index is 783. The average molecular weight is 365 g/mol. The first-order valence-corrected chi connectivity index (χ1v) is 8.77. The number of nitrogens with two attached hydrogens (primary N) is 1. The zero-order chi connectivity index (χ0) is 19.5. The molecule has 6 heteroatoms. The Morgan fingerprint density at radius 1 is 1.04 bits per heavy atom. The second-order valence-electron chi connectivity index (χ2n) is 6.10. The monoisotopic (exact) mass is 365 g/mol. The number of rotatable bonds is 9. The molecule has 0 aliphatic carbocycles. The van der Waals surface area contributed by atoms with Crippen LogP contribution in [0.4, 0.5) is 0 Å². The molecule has 0 aliphatic heterocycles. The number of carbonyl (C=O) groups is 2. The molecule has 1 unspecified atom stereocenters. The molecule has 140 valence electrons. The number of carbonyl (C=O) groups excluding carboxylic acids is 2. The van der Waals surface area contributed by atoms with Gasteiger partial charge in [-0.25, -0.2) is 4.79 Å². The lowest BCUT2D eigenvalue weighted by molar-refractivity contribution is -0.146. The molecule has 0 heterocycles. The van der Waals surface area contributed by atoms with Crippen molar-refractivity contribution < 1.29 is 14.3 Å². The third-order valence-corrected chi connectivity index (χ3v) is 4.08. The van der Waals surface area contributed by atoms with Crippen molar-refractivity contribution in [3.8, 4) is 6.07 Å². The smallest absolute Gasteiger partial charge is 0.330 e. The summed E-state index contributed by atoms with van der Waals surface area (Å²) in [6.45, 7) is 0.139. The highest BCUT2D eigenvalue weighted by atomic mass is 16.5. The fourth-order valence-electron chi connectivity index (χ4n) is 2.61. The van der Waals surface area contributed by atoms with Crippen LogP contribution in [-0.2, 0) is 33.7 Å². The van der Waals surface area contributed by atoms with Gasteiger partial charge in [-0.1, -0.05) is 54.6 Å². The zero-order valence-corrected chi connectivity index (χ0v) is 15.1. The Hall–Kier alpha value is -3.17. The van der Waals surface area contributed by atoms with Crippen LogP contribution in [0.3, 0.4) is 0 Å². The van der Waals surface area contributed by atoms with Gasteiger partial charge in [-0.05, 0) is 23.1 Å². The largest absolute Gasteiger partial charge is 0.449 e. The van der Waals surface area contributed by atoms with E-state index in [9.17, 15) is 9.59 Å². The number of hydrogen-bond acceptors (Lipinski definition) is 5. The Kier molecular flexibility index (Phi) is 8.01. The normalized spacial score (nSPS) is 11.3. The van der Waals surface area contributed by atoms with Crippen LogP contribution in [0.15, 0.2) is 54.6 Å². The molecule has 0 aromatic heterocycles. The van der Waals surface area contributed by atoms with E-state index in [1.54, 1.807) is 6.07 Å². The maximum atomic E-state index is 12.3. The van der Waals surface area contributed by atoms with E-state index >= 15 is 0 Å². The van der Waals surface area contributed by atoms with Crippen LogP contribution in [0, 0.1) is 11.3 Å². The molecule has 3 N–H and O–H groups in total. The van der Waals surface area contributed by atoms with E-state index in [0.29, 0.717) is 19.4 Å². The Morgan fingerprint density at radius 3 is 2.33 bits per heavy atom. The molecule has 27 heavy (non-hydrogen) atoms. The van der Waals surface area contributed by atoms with Crippen molar-refractivity contribution in [3.05, 3.63) is 71.3 Å². The summed E-state index contributed by atoms with van der Waals surface area (Å²) < 4.78 is 4.89. The molecule has 0 fully saturated rings. The third kappa shape index (κ3) is 6.92. The SMILES string of the molecule is N#CCOC(=O)C(Cc1ccccc1)NC(=O)CCc1ccc(CN)cc1. The molecule has 0 spiro atoms. The van der Waals surface area contributed by atoms with Gasteiger partial charge in [0.05, 0.1) is 0 Å². The van der Waals surface area contributed by atoms with Crippen LogP contribution in [0.25, 0.3) is 0 Å². The van der Waals surface area contributed by atoms with E-state index in [1.807, 2.05) is 54.6 Å². The van der Waals surface area contributed by atoms with Gasteiger partial charge in [-0.3, -0.25) is 4.79 Å². The van der Waals surface area contributed by atoms with Gasteiger partial charge in [-0.2, -0.15) is 5.26 Å². The highest BCUT2D eigenvalue weighted by Crippen LogP contribution is 2.08. The van der Waals surface area contributed by atoms with Crippen LogP contribution in [0.2, 0.25) is 0 Å². The first-order chi connectivity index (χ1) is 13.1. The molecule has 0 saturated carbocycles. The minimum Gasteiger partial charge on any atom is -0.449 e. The topological polar surface area (TPSA) is 105 Å². The highest BCUT2D eigenvalue weighted by molar-refractivity contribution is 5.84. The summed E-state index contributed by atoms with van der Waals surface area (Å²) in [7, 11) is 0. The maximum absolute atomic E-state index is 12.3. The van der Waals surface area contributed by atoms with E-state index < -0.39 is 12.0 Å². The summed E-state index contributed by atoms with van der Waals surface area (Å²) in [5.41, 5.74) is 8.53. The van der Waals surface area contributed by atoms with E-state index in [4.69, 9.17) is 15.7 Å². The van der Waals surface area contributed by atoms with Gasteiger partial charge in [0.2, 0.25) is 5.91 Å². The molecule has 0 aliphatic rings. The summed E-state index contributed by atoms with van der Waals surface area (Å²) in [5, 5.41) is 11.3. The molecule has 2 aromatic rings. The van der Waals surface area contributed by atoms with Gasteiger partial charge >= 0.3 is 5.97 Å². The predicted octanol–water partition coefficient (Wildman–Crippen LogP) is 1.87. The number of amides is 1. The van der Waals surface area contributed by atoms with Crippen molar-refractivity contribution in [2.24, 2.45) is 5.73 Å². The number of esters is 1. The standard InChI is InChI=1S/C21H23N3O3/c22-12-13-27-21(26)19(14-17-4-2-1-3-5-17)24-20(25)11-10-16-6-8-18(15-23)9-7-16/h1-9,19H,10-11,13-15,23H2,(H,24,25). The van der Waals surface area contributed by atoms with E-state index in [-0.39, 0.29) is 18.9 Å². The minimum absolute atomic E-state index is 0.243. The number of hydrogen-bond donors (Lipinski definition) is 2. The highest BCUT2D eigenvalue weighted by Gasteiger charge is 2.22. The fraction of sp³-hybridized carbons (Fsp3) is 0.286. The Balaban J connectivity index is 1.94. The molecular formula is C21H23N3O3. The molecule has 6 nitrogen and oxygen atoms in total. The molecule has 1 atom stereocenters. The molecule has 1 amide bonds. The fourth-order valence-corrected chi connectivity index (χ4v) is 2.61. The minimum atomic E-state index is -0.826. The van der Waals surface area contributed by atoms with Gasteiger partial charge in [0.25, 0.3) is 0 Å². The van der Waals surface area contributed by atoms with Gasteiger partial charge in [0.1, 0.15) is 12.1 Å². The number of ether oxygens (including phenoxy) is 1. The molecule has 2 rings (SSSR count). The van der Waals surface area contributed by atoms with Crippen LogP contribution in [-0.4, -0.2) is 24.5 Å². The number of nitrogens with zero attached hydrogens (tertiary/aromatic N) is 1. The quantitative estimate of drug-likeness (QED) is 0.660. The second kappa shape index (κ2) is 10.7. The molecule has 2 aromatic carbocycles. The summed E-state index contributed by atoms with van der Waals surface area (Å²) in [5.74, 6) is -0.853. The van der Waals surface area contributed by atoms with Crippen LogP contribution < -0.4 is 11.1 Å². The van der Waals surface area contributed by atoms with Crippen LogP contribution in [0.5, 0.6) is 0 Å². The van der Waals surface area contributed by atoms with Crippen molar-refractivity contribution in [1.29, 1.82) is 5.26 Å². The first kappa shape index (κ1) is 20.1. The summed E-state index contributed by atoms with van der Waals surface area (Å²) >= 11 is 0. The lowest BCUT2D eigenvalue weighted by atomic mass is 10.0. The van der Waals surface area contributed by atoms with Gasteiger partial charge in [0, 0.05) is 19.4 Å². The lowest BCUT2D eigenvalue weighted by Crippen LogP contribution is -2.43. The summed E-state index contributed by atoms with van der Waals surface area (Å²) in [6.07, 6.45) is 1.11. The predicted molar refractivity (Wildman–Crippen MR) is 101 cm³/mol. The summed E-state index contributed by atoms with van der Waals surface area (Å²) in [6, 6.07) is 18.0. The molecular weight excluding hydrogens is 342 g/mol. The number of nitrogens with one attached hydrogen (secondary N) is 1. The van der Waals surface area contributed by atoms with E-state index in [1.165, 1.54) is 0 Å². The second-order valence-corrected chi connectivity index (χ2v) is 6.10. The third-order valence-electron chi connectivity index (χ3n) is 4.08. The van der Waals surface area contributed by atoms with Gasteiger partial charge in [0.15, 0.2) is 6.61 Å². The Labute approximate surface area is 158 Å². The van der Waals surface area contributed by atoms with Crippen LogP contribution in [0.1, 0.15) is 23.1 Å². The van der Waals surface area contributed by atoms with E-state index in [0.717, 1.165) is 16.7 Å².